The summed E-state index contributed by atoms with van der Waals surface area (Å²) in [6.07, 6.45) is 0. The zero-order valence-corrected chi connectivity index (χ0v) is 12.9. The van der Waals surface area contributed by atoms with Crippen molar-refractivity contribution in [1.29, 1.82) is 0 Å². The van der Waals surface area contributed by atoms with E-state index in [4.69, 9.17) is 11.6 Å². The molecule has 0 saturated carbocycles. The molecule has 18 heavy (non-hydrogen) atoms. The van der Waals surface area contributed by atoms with Gasteiger partial charge in [0.15, 0.2) is 0 Å². The molecule has 0 aromatic heterocycles. The third-order valence-electron chi connectivity index (χ3n) is 3.03. The number of halogens is 1. The standard InChI is InChI=1S/C15H25ClN2/c1-6-17-12(4)13-7-8-15(14(16)9-13)18(5)10-11(2)3/h7-9,11-12,17H,6,10H2,1-5H3. The minimum absolute atomic E-state index is 0.344. The smallest absolute Gasteiger partial charge is 0.0642 e. The minimum Gasteiger partial charge on any atom is -0.373 e. The molecular weight excluding hydrogens is 244 g/mol. The van der Waals surface area contributed by atoms with E-state index in [2.05, 4.69) is 63.2 Å². The Morgan fingerprint density at radius 2 is 1.94 bits per heavy atom. The van der Waals surface area contributed by atoms with Crippen LogP contribution in [-0.2, 0) is 0 Å². The van der Waals surface area contributed by atoms with Crippen LogP contribution in [0.15, 0.2) is 18.2 Å². The normalized spacial score (nSPS) is 12.8. The topological polar surface area (TPSA) is 15.3 Å². The lowest BCUT2D eigenvalue weighted by Gasteiger charge is -2.23. The molecule has 0 aliphatic carbocycles. The molecule has 2 nitrogen and oxygen atoms in total. The van der Waals surface area contributed by atoms with Crippen LogP contribution in [0.3, 0.4) is 0 Å². The maximum Gasteiger partial charge on any atom is 0.0642 e. The van der Waals surface area contributed by atoms with Gasteiger partial charge in [0.25, 0.3) is 0 Å². The zero-order valence-electron chi connectivity index (χ0n) is 12.1. The van der Waals surface area contributed by atoms with Gasteiger partial charge in [0.2, 0.25) is 0 Å². The number of benzene rings is 1. The van der Waals surface area contributed by atoms with E-state index >= 15 is 0 Å². The van der Waals surface area contributed by atoms with Crippen molar-refractivity contribution in [3.8, 4) is 0 Å². The van der Waals surface area contributed by atoms with E-state index in [-0.39, 0.29) is 0 Å². The third kappa shape index (κ3) is 4.18. The molecule has 0 saturated heterocycles. The molecule has 0 aliphatic heterocycles. The van der Waals surface area contributed by atoms with Crippen LogP contribution in [0.4, 0.5) is 5.69 Å². The predicted molar refractivity (Wildman–Crippen MR) is 81.7 cm³/mol. The molecule has 3 heteroatoms. The molecule has 0 amide bonds. The van der Waals surface area contributed by atoms with Crippen molar-refractivity contribution < 1.29 is 0 Å². The van der Waals surface area contributed by atoms with Crippen molar-refractivity contribution in [2.24, 2.45) is 5.92 Å². The number of anilines is 1. The van der Waals surface area contributed by atoms with Gasteiger partial charge in [0, 0.05) is 19.6 Å². The monoisotopic (exact) mass is 268 g/mol. The van der Waals surface area contributed by atoms with Gasteiger partial charge in [-0.2, -0.15) is 0 Å². The Balaban J connectivity index is 2.85. The van der Waals surface area contributed by atoms with Crippen molar-refractivity contribution in [2.75, 3.05) is 25.0 Å². The van der Waals surface area contributed by atoms with Crippen LogP contribution >= 0.6 is 11.6 Å². The van der Waals surface area contributed by atoms with E-state index in [1.807, 2.05) is 0 Å². The Kier molecular flexibility index (Phi) is 5.97. The maximum absolute atomic E-state index is 6.38. The van der Waals surface area contributed by atoms with Crippen LogP contribution in [0.25, 0.3) is 0 Å². The van der Waals surface area contributed by atoms with Crippen molar-refractivity contribution in [2.45, 2.75) is 33.7 Å². The summed E-state index contributed by atoms with van der Waals surface area (Å²) in [7, 11) is 2.09. The summed E-state index contributed by atoms with van der Waals surface area (Å²) in [4.78, 5) is 2.22. The molecule has 0 fully saturated rings. The Hall–Kier alpha value is -0.730. The van der Waals surface area contributed by atoms with Gasteiger partial charge in [-0.05, 0) is 37.1 Å². The lowest BCUT2D eigenvalue weighted by atomic mass is 10.1. The van der Waals surface area contributed by atoms with Gasteiger partial charge in [0.1, 0.15) is 0 Å². The van der Waals surface area contributed by atoms with Gasteiger partial charge >= 0.3 is 0 Å². The first-order chi connectivity index (χ1) is 8.45. The number of rotatable bonds is 6. The summed E-state index contributed by atoms with van der Waals surface area (Å²) in [5.41, 5.74) is 2.35. The molecule has 1 rings (SSSR count). The Morgan fingerprint density at radius 1 is 1.28 bits per heavy atom. The molecule has 1 N–H and O–H groups in total. The predicted octanol–water partition coefficient (Wildman–Crippen LogP) is 4.10. The first-order valence-electron chi connectivity index (χ1n) is 6.69. The average Bonchev–Trinajstić information content (AvgIpc) is 2.28. The number of nitrogens with one attached hydrogen (secondary N) is 1. The molecule has 102 valence electrons. The fourth-order valence-corrected chi connectivity index (χ4v) is 2.51. The summed E-state index contributed by atoms with van der Waals surface area (Å²) in [6, 6.07) is 6.69. The molecule has 0 bridgehead atoms. The van der Waals surface area contributed by atoms with Crippen LogP contribution in [0.5, 0.6) is 0 Å². The maximum atomic E-state index is 6.38. The molecule has 0 spiro atoms. The van der Waals surface area contributed by atoms with E-state index in [0.717, 1.165) is 23.8 Å². The van der Waals surface area contributed by atoms with E-state index in [1.165, 1.54) is 5.56 Å². The van der Waals surface area contributed by atoms with Gasteiger partial charge in [0.05, 0.1) is 10.7 Å². The SMILES string of the molecule is CCNC(C)c1ccc(N(C)CC(C)C)c(Cl)c1. The van der Waals surface area contributed by atoms with Crippen LogP contribution in [0.1, 0.15) is 39.3 Å². The second-order valence-corrected chi connectivity index (χ2v) is 5.67. The van der Waals surface area contributed by atoms with Gasteiger partial charge in [-0.1, -0.05) is 38.4 Å². The van der Waals surface area contributed by atoms with Gasteiger partial charge in [-0.3, -0.25) is 0 Å². The van der Waals surface area contributed by atoms with Crippen LogP contribution in [-0.4, -0.2) is 20.1 Å². The van der Waals surface area contributed by atoms with Crippen molar-refractivity contribution >= 4 is 17.3 Å². The van der Waals surface area contributed by atoms with Crippen LogP contribution in [0.2, 0.25) is 5.02 Å². The average molecular weight is 269 g/mol. The van der Waals surface area contributed by atoms with Gasteiger partial charge in [-0.15, -0.1) is 0 Å². The van der Waals surface area contributed by atoms with E-state index in [1.54, 1.807) is 0 Å². The second kappa shape index (κ2) is 7.01. The molecular formula is C15H25ClN2. The van der Waals surface area contributed by atoms with Crippen molar-refractivity contribution in [3.63, 3.8) is 0 Å². The molecule has 1 aromatic rings. The molecule has 1 atom stereocenters. The summed E-state index contributed by atoms with van der Waals surface area (Å²) in [5, 5.41) is 4.23. The Bertz CT molecular complexity index is 377. The fraction of sp³-hybridized carbons (Fsp3) is 0.600. The highest BCUT2D eigenvalue weighted by molar-refractivity contribution is 6.33. The van der Waals surface area contributed by atoms with Gasteiger partial charge in [-0.25, -0.2) is 0 Å². The highest BCUT2D eigenvalue weighted by atomic mass is 35.5. The minimum atomic E-state index is 0.344. The second-order valence-electron chi connectivity index (χ2n) is 5.26. The van der Waals surface area contributed by atoms with E-state index in [9.17, 15) is 0 Å². The fourth-order valence-electron chi connectivity index (χ4n) is 2.17. The van der Waals surface area contributed by atoms with Crippen molar-refractivity contribution in [3.05, 3.63) is 28.8 Å². The number of hydrogen-bond acceptors (Lipinski definition) is 2. The lowest BCUT2D eigenvalue weighted by Crippen LogP contribution is -2.23. The number of hydrogen-bond donors (Lipinski definition) is 1. The molecule has 0 heterocycles. The van der Waals surface area contributed by atoms with Crippen LogP contribution in [0, 0.1) is 5.92 Å². The van der Waals surface area contributed by atoms with Gasteiger partial charge < -0.3 is 10.2 Å². The quantitative estimate of drug-likeness (QED) is 0.836. The zero-order chi connectivity index (χ0) is 13.7. The summed E-state index contributed by atoms with van der Waals surface area (Å²) in [5.74, 6) is 0.631. The summed E-state index contributed by atoms with van der Waals surface area (Å²) < 4.78 is 0. The van der Waals surface area contributed by atoms with E-state index in [0.29, 0.717) is 12.0 Å². The first kappa shape index (κ1) is 15.3. The van der Waals surface area contributed by atoms with Crippen LogP contribution < -0.4 is 10.2 Å². The molecule has 1 aromatic carbocycles. The third-order valence-corrected chi connectivity index (χ3v) is 3.34. The highest BCUT2D eigenvalue weighted by Crippen LogP contribution is 2.28. The largest absolute Gasteiger partial charge is 0.373 e. The molecule has 1 unspecified atom stereocenters. The Morgan fingerprint density at radius 3 is 2.44 bits per heavy atom. The summed E-state index contributed by atoms with van der Waals surface area (Å²) >= 11 is 6.38. The van der Waals surface area contributed by atoms with E-state index < -0.39 is 0 Å². The molecule has 0 radical (unpaired) electrons. The molecule has 0 aliphatic rings. The number of nitrogens with zero attached hydrogens (tertiary/aromatic N) is 1. The summed E-state index contributed by atoms with van der Waals surface area (Å²) in [6.45, 7) is 10.7. The Labute approximate surface area is 116 Å². The first-order valence-corrected chi connectivity index (χ1v) is 7.07. The lowest BCUT2D eigenvalue weighted by molar-refractivity contribution is 0.598. The van der Waals surface area contributed by atoms with Crippen molar-refractivity contribution in [1.82, 2.24) is 5.32 Å². The highest BCUT2D eigenvalue weighted by Gasteiger charge is 2.10.